The first kappa shape index (κ1) is 14.3. The topological polar surface area (TPSA) is 71.3 Å². The number of nitrogens with one attached hydrogen (secondary N) is 1. The predicted molar refractivity (Wildman–Crippen MR) is 79.2 cm³/mol. The van der Waals surface area contributed by atoms with Crippen LogP contribution in [0.3, 0.4) is 0 Å². The first-order chi connectivity index (χ1) is 9.52. The van der Waals surface area contributed by atoms with Gasteiger partial charge in [-0.3, -0.25) is 4.79 Å². The zero-order valence-electron chi connectivity index (χ0n) is 10.8. The molecule has 1 heterocycles. The molecule has 1 aromatic heterocycles. The van der Waals surface area contributed by atoms with Crippen LogP contribution in [-0.2, 0) is 6.54 Å². The van der Waals surface area contributed by atoms with Crippen LogP contribution >= 0.6 is 15.9 Å². The van der Waals surface area contributed by atoms with Gasteiger partial charge < -0.3 is 15.0 Å². The van der Waals surface area contributed by atoms with Gasteiger partial charge in [0.25, 0.3) is 5.91 Å². The van der Waals surface area contributed by atoms with Crippen molar-refractivity contribution in [3.05, 3.63) is 52.3 Å². The van der Waals surface area contributed by atoms with Gasteiger partial charge >= 0.3 is 5.97 Å². The second kappa shape index (κ2) is 5.92. The lowest BCUT2D eigenvalue weighted by molar-refractivity contribution is 0.0696. The van der Waals surface area contributed by atoms with Gasteiger partial charge in [-0.2, -0.15) is 0 Å². The molecule has 0 spiro atoms. The zero-order chi connectivity index (χ0) is 14.7. The lowest BCUT2D eigenvalue weighted by atomic mass is 10.2. The normalized spacial score (nSPS) is 10.3. The summed E-state index contributed by atoms with van der Waals surface area (Å²) < 4.78 is 2.36. The number of hydrogen-bond donors (Lipinski definition) is 2. The van der Waals surface area contributed by atoms with Gasteiger partial charge in [-0.05, 0) is 53.2 Å². The minimum absolute atomic E-state index is 0.159. The van der Waals surface area contributed by atoms with Crippen molar-refractivity contribution in [2.45, 2.75) is 13.5 Å². The number of nitrogens with zero attached hydrogens (tertiary/aromatic N) is 1. The summed E-state index contributed by atoms with van der Waals surface area (Å²) >= 11 is 3.26. The number of carboxylic acid groups (broad SMARTS) is 1. The largest absolute Gasteiger partial charge is 0.478 e. The third-order valence-corrected chi connectivity index (χ3v) is 3.52. The summed E-state index contributed by atoms with van der Waals surface area (Å²) in [6.45, 7) is 2.66. The fourth-order valence-corrected chi connectivity index (χ4v) is 2.31. The maximum absolute atomic E-state index is 12.2. The van der Waals surface area contributed by atoms with Gasteiger partial charge in [-0.15, -0.1) is 0 Å². The van der Waals surface area contributed by atoms with Gasteiger partial charge in [0.1, 0.15) is 5.69 Å². The third-order valence-electron chi connectivity index (χ3n) is 2.87. The van der Waals surface area contributed by atoms with E-state index in [1.165, 1.54) is 12.1 Å². The Hall–Kier alpha value is -2.08. The van der Waals surface area contributed by atoms with E-state index in [1.807, 2.05) is 17.7 Å². The molecule has 2 N–H and O–H groups in total. The van der Waals surface area contributed by atoms with Crippen molar-refractivity contribution in [3.8, 4) is 0 Å². The number of carbonyl (C=O) groups excluding carboxylic acids is 1. The Balaban J connectivity index is 2.22. The van der Waals surface area contributed by atoms with Crippen LogP contribution < -0.4 is 5.32 Å². The number of carboxylic acids is 1. The number of anilines is 1. The van der Waals surface area contributed by atoms with Crippen molar-refractivity contribution < 1.29 is 14.7 Å². The molecule has 104 valence electrons. The van der Waals surface area contributed by atoms with Gasteiger partial charge in [0.15, 0.2) is 0 Å². The summed E-state index contributed by atoms with van der Waals surface area (Å²) in [6.07, 6.45) is 1.83. The van der Waals surface area contributed by atoms with Gasteiger partial charge in [-0.25, -0.2) is 4.79 Å². The van der Waals surface area contributed by atoms with E-state index in [2.05, 4.69) is 21.2 Å². The maximum Gasteiger partial charge on any atom is 0.335 e. The number of amides is 1. The zero-order valence-corrected chi connectivity index (χ0v) is 12.3. The molecule has 1 aromatic carbocycles. The molecule has 0 saturated heterocycles. The van der Waals surface area contributed by atoms with Crippen molar-refractivity contribution in [2.75, 3.05) is 5.32 Å². The Bertz CT molecular complexity index is 664. The highest BCUT2D eigenvalue weighted by atomic mass is 79.9. The lowest BCUT2D eigenvalue weighted by Crippen LogP contribution is -2.16. The summed E-state index contributed by atoms with van der Waals surface area (Å²) in [4.78, 5) is 23.0. The van der Waals surface area contributed by atoms with E-state index in [0.717, 1.165) is 0 Å². The predicted octanol–water partition coefficient (Wildman–Crippen LogP) is 3.22. The van der Waals surface area contributed by atoms with Crippen LogP contribution in [0.2, 0.25) is 0 Å². The minimum Gasteiger partial charge on any atom is -0.478 e. The summed E-state index contributed by atoms with van der Waals surface area (Å²) in [5, 5.41) is 11.6. The fourth-order valence-electron chi connectivity index (χ4n) is 1.83. The van der Waals surface area contributed by atoms with Crippen LogP contribution in [0.15, 0.2) is 41.0 Å². The molecule has 0 atom stereocenters. The van der Waals surface area contributed by atoms with Gasteiger partial charge in [0.2, 0.25) is 0 Å². The lowest BCUT2D eigenvalue weighted by Gasteiger charge is -2.10. The Kier molecular flexibility index (Phi) is 4.24. The monoisotopic (exact) mass is 336 g/mol. The average molecular weight is 337 g/mol. The molecule has 0 radical (unpaired) electrons. The summed E-state index contributed by atoms with van der Waals surface area (Å²) in [6, 6.07) is 8.00. The van der Waals surface area contributed by atoms with Crippen molar-refractivity contribution in [1.29, 1.82) is 0 Å². The van der Waals surface area contributed by atoms with Crippen LogP contribution in [0.1, 0.15) is 27.8 Å². The van der Waals surface area contributed by atoms with Gasteiger partial charge in [-0.1, -0.05) is 0 Å². The molecule has 0 aliphatic rings. The quantitative estimate of drug-likeness (QED) is 0.900. The maximum atomic E-state index is 12.2. The molecular formula is C14H13BrN2O3. The highest BCUT2D eigenvalue weighted by Crippen LogP contribution is 2.24. The molecule has 2 rings (SSSR count). The average Bonchev–Trinajstić information content (AvgIpc) is 2.89. The van der Waals surface area contributed by atoms with E-state index in [4.69, 9.17) is 5.11 Å². The number of carbonyl (C=O) groups is 2. The second-order valence-corrected chi connectivity index (χ2v) is 4.99. The Morgan fingerprint density at radius 3 is 2.70 bits per heavy atom. The first-order valence-corrected chi connectivity index (χ1v) is 6.81. The highest BCUT2D eigenvalue weighted by molar-refractivity contribution is 9.10. The summed E-state index contributed by atoms with van der Waals surface area (Å²) in [5.74, 6) is -1.25. The molecule has 5 nitrogen and oxygen atoms in total. The number of hydrogen-bond acceptors (Lipinski definition) is 2. The molecule has 0 aliphatic heterocycles. The molecule has 0 fully saturated rings. The number of rotatable bonds is 4. The highest BCUT2D eigenvalue weighted by Gasteiger charge is 2.13. The molecular weight excluding hydrogens is 324 g/mol. The van der Waals surface area contributed by atoms with Crippen molar-refractivity contribution in [3.63, 3.8) is 0 Å². The number of aromatic carboxylic acids is 1. The standard InChI is InChI=1S/C14H13BrN2O3/c1-2-17-7-3-4-12(17)13(18)16-11-6-5-9(14(19)20)8-10(11)15/h3-8H,2H2,1H3,(H,16,18)(H,19,20). The van der Waals surface area contributed by atoms with Crippen LogP contribution in [0.25, 0.3) is 0 Å². The summed E-state index contributed by atoms with van der Waals surface area (Å²) in [7, 11) is 0. The van der Waals surface area contributed by atoms with Crippen LogP contribution in [-0.4, -0.2) is 21.6 Å². The molecule has 0 saturated carbocycles. The Morgan fingerprint density at radius 1 is 1.35 bits per heavy atom. The molecule has 0 aliphatic carbocycles. The summed E-state index contributed by atoms with van der Waals surface area (Å²) in [5.41, 5.74) is 1.25. The second-order valence-electron chi connectivity index (χ2n) is 4.13. The van der Waals surface area contributed by atoms with Crippen molar-refractivity contribution in [1.82, 2.24) is 4.57 Å². The first-order valence-electron chi connectivity index (χ1n) is 6.02. The van der Waals surface area contributed by atoms with E-state index in [0.29, 0.717) is 22.4 Å². The smallest absolute Gasteiger partial charge is 0.335 e. The van der Waals surface area contributed by atoms with Crippen LogP contribution in [0, 0.1) is 0 Å². The Labute approximate surface area is 124 Å². The minimum atomic E-state index is -1.01. The SMILES string of the molecule is CCn1cccc1C(=O)Nc1ccc(C(=O)O)cc1Br. The van der Waals surface area contributed by atoms with Crippen molar-refractivity contribution in [2.24, 2.45) is 0 Å². The van der Waals surface area contributed by atoms with Crippen molar-refractivity contribution >= 4 is 33.5 Å². The third kappa shape index (κ3) is 2.91. The van der Waals surface area contributed by atoms with E-state index < -0.39 is 5.97 Å². The van der Waals surface area contributed by atoms with E-state index in [9.17, 15) is 9.59 Å². The molecule has 0 unspecified atom stereocenters. The number of aryl methyl sites for hydroxylation is 1. The number of aromatic nitrogens is 1. The molecule has 2 aromatic rings. The molecule has 6 heteroatoms. The molecule has 0 bridgehead atoms. The van der Waals surface area contributed by atoms with Gasteiger partial charge in [0, 0.05) is 17.2 Å². The fraction of sp³-hybridized carbons (Fsp3) is 0.143. The van der Waals surface area contributed by atoms with Crippen LogP contribution in [0.4, 0.5) is 5.69 Å². The molecule has 1 amide bonds. The molecule has 20 heavy (non-hydrogen) atoms. The van der Waals surface area contributed by atoms with E-state index in [-0.39, 0.29) is 11.5 Å². The Morgan fingerprint density at radius 2 is 2.10 bits per heavy atom. The van der Waals surface area contributed by atoms with Gasteiger partial charge in [0.05, 0.1) is 11.3 Å². The van der Waals surface area contributed by atoms with E-state index in [1.54, 1.807) is 18.2 Å². The van der Waals surface area contributed by atoms with E-state index >= 15 is 0 Å². The van der Waals surface area contributed by atoms with Crippen LogP contribution in [0.5, 0.6) is 0 Å². The number of halogens is 1. The number of benzene rings is 1.